The van der Waals surface area contributed by atoms with Crippen LogP contribution in [-0.4, -0.2) is 54.4 Å². The van der Waals surface area contributed by atoms with E-state index in [1.165, 1.54) is 6.92 Å². The summed E-state index contributed by atoms with van der Waals surface area (Å²) in [5, 5.41) is 5.85. The van der Waals surface area contributed by atoms with Gasteiger partial charge < -0.3 is 24.7 Å². The summed E-state index contributed by atoms with van der Waals surface area (Å²) in [6.07, 6.45) is 2.05. The summed E-state index contributed by atoms with van der Waals surface area (Å²) in [6.45, 7) is 16.1. The van der Waals surface area contributed by atoms with Crippen LogP contribution in [0, 0.1) is 5.92 Å². The topological polar surface area (TPSA) is 85.9 Å². The lowest BCUT2D eigenvalue weighted by Gasteiger charge is -2.41. The van der Waals surface area contributed by atoms with Crippen molar-refractivity contribution in [3.8, 4) is 0 Å². The zero-order valence-electron chi connectivity index (χ0n) is 18.7. The van der Waals surface area contributed by atoms with E-state index in [-0.39, 0.29) is 42.7 Å². The molecule has 0 radical (unpaired) electrons. The minimum Gasteiger partial charge on any atom is -0.403 e. The largest absolute Gasteiger partial charge is 0.457 e. The van der Waals surface area contributed by atoms with E-state index >= 15 is 0 Å². The third kappa shape index (κ3) is 5.48. The highest BCUT2D eigenvalue weighted by molar-refractivity contribution is 6.45. The molecule has 2 heterocycles. The van der Waals surface area contributed by atoms with Gasteiger partial charge in [-0.05, 0) is 73.5 Å². The zero-order chi connectivity index (χ0) is 21.4. The molecule has 8 heteroatoms. The normalized spacial score (nSPS) is 29.4. The van der Waals surface area contributed by atoms with Crippen LogP contribution >= 0.6 is 0 Å². The highest BCUT2D eigenvalue weighted by Gasteiger charge is 2.51. The summed E-state index contributed by atoms with van der Waals surface area (Å²) in [6, 6.07) is 0. The fraction of sp³-hybridized carbons (Fsp3) is 0.900. The van der Waals surface area contributed by atoms with Gasteiger partial charge in [0.2, 0.25) is 11.8 Å². The monoisotopic (exact) mass is 396 g/mol. The number of rotatable bonds is 5. The lowest BCUT2D eigenvalue weighted by molar-refractivity contribution is -0.142. The molecule has 160 valence electrons. The van der Waals surface area contributed by atoms with E-state index in [1.807, 2.05) is 48.5 Å². The molecule has 28 heavy (non-hydrogen) atoms. The molecule has 2 rings (SSSR count). The van der Waals surface area contributed by atoms with Crippen molar-refractivity contribution in [3.05, 3.63) is 0 Å². The van der Waals surface area contributed by atoms with Crippen molar-refractivity contribution >= 4 is 18.9 Å². The van der Waals surface area contributed by atoms with Crippen LogP contribution in [-0.2, 0) is 23.6 Å². The van der Waals surface area contributed by atoms with E-state index in [0.29, 0.717) is 13.0 Å². The Labute approximate surface area is 169 Å². The van der Waals surface area contributed by atoms with Gasteiger partial charge in [0.15, 0.2) is 0 Å². The number of hydrogen-bond acceptors (Lipinski definition) is 5. The maximum absolute atomic E-state index is 13.0. The third-order valence-electron chi connectivity index (χ3n) is 5.79. The van der Waals surface area contributed by atoms with E-state index in [9.17, 15) is 9.59 Å². The minimum atomic E-state index is -1.04. The van der Waals surface area contributed by atoms with E-state index in [1.54, 1.807) is 0 Å². The third-order valence-corrected chi connectivity index (χ3v) is 5.79. The highest BCUT2D eigenvalue weighted by atomic mass is 16.7. The van der Waals surface area contributed by atoms with Crippen molar-refractivity contribution in [1.82, 2.24) is 10.6 Å². The van der Waals surface area contributed by atoms with Crippen LogP contribution in [0.2, 0.25) is 6.32 Å². The Morgan fingerprint density at radius 3 is 2.18 bits per heavy atom. The first-order valence-electron chi connectivity index (χ1n) is 10.2. The van der Waals surface area contributed by atoms with Crippen LogP contribution in [0.15, 0.2) is 0 Å². The summed E-state index contributed by atoms with van der Waals surface area (Å²) in [5.41, 5.74) is -2.14. The maximum Gasteiger partial charge on any atom is 0.457 e. The van der Waals surface area contributed by atoms with Gasteiger partial charge in [-0.1, -0.05) is 0 Å². The Bertz CT molecular complexity index is 586. The van der Waals surface area contributed by atoms with Gasteiger partial charge in [0, 0.05) is 19.1 Å². The fourth-order valence-corrected chi connectivity index (χ4v) is 3.75. The maximum atomic E-state index is 13.0. The molecule has 0 spiro atoms. The number of hydrogen-bond donors (Lipinski definition) is 2. The van der Waals surface area contributed by atoms with E-state index in [2.05, 4.69) is 10.6 Å². The predicted molar refractivity (Wildman–Crippen MR) is 109 cm³/mol. The molecule has 0 unspecified atom stereocenters. The lowest BCUT2D eigenvalue weighted by atomic mass is 9.75. The zero-order valence-corrected chi connectivity index (χ0v) is 18.7. The molecule has 0 aliphatic carbocycles. The van der Waals surface area contributed by atoms with Gasteiger partial charge in [-0.25, -0.2) is 0 Å². The highest BCUT2D eigenvalue weighted by Crippen LogP contribution is 2.39. The Morgan fingerprint density at radius 2 is 1.68 bits per heavy atom. The van der Waals surface area contributed by atoms with Gasteiger partial charge in [-0.15, -0.1) is 0 Å². The summed E-state index contributed by atoms with van der Waals surface area (Å²) in [5.74, 6) is -0.305. The molecule has 2 aliphatic heterocycles. The van der Waals surface area contributed by atoms with Crippen molar-refractivity contribution in [2.24, 2.45) is 5.92 Å². The van der Waals surface area contributed by atoms with Gasteiger partial charge in [0.1, 0.15) is 5.54 Å². The van der Waals surface area contributed by atoms with Crippen molar-refractivity contribution in [2.75, 3.05) is 13.2 Å². The molecular weight excluding hydrogens is 359 g/mol. The Morgan fingerprint density at radius 1 is 1.11 bits per heavy atom. The summed E-state index contributed by atoms with van der Waals surface area (Å²) in [4.78, 5) is 24.8. The number of carbonyl (C=O) groups is 2. The molecule has 2 aliphatic rings. The van der Waals surface area contributed by atoms with E-state index < -0.39 is 11.1 Å². The average Bonchev–Trinajstić information content (AvgIpc) is 2.70. The number of amides is 2. The van der Waals surface area contributed by atoms with Gasteiger partial charge in [-0.3, -0.25) is 9.59 Å². The van der Waals surface area contributed by atoms with Crippen LogP contribution in [0.1, 0.15) is 68.2 Å². The fourth-order valence-electron chi connectivity index (χ4n) is 3.75. The second-order valence-corrected chi connectivity index (χ2v) is 10.3. The molecule has 0 aromatic rings. The van der Waals surface area contributed by atoms with Crippen molar-refractivity contribution < 1.29 is 23.6 Å². The number of carbonyl (C=O) groups excluding carboxylic acids is 2. The predicted octanol–water partition coefficient (Wildman–Crippen LogP) is 2.29. The Balaban J connectivity index is 2.03. The molecule has 0 bridgehead atoms. The summed E-state index contributed by atoms with van der Waals surface area (Å²) < 4.78 is 17.9. The van der Waals surface area contributed by atoms with Gasteiger partial charge in [-0.2, -0.15) is 0 Å². The van der Waals surface area contributed by atoms with Crippen molar-refractivity contribution in [2.45, 2.75) is 96.8 Å². The molecule has 2 atom stereocenters. The minimum absolute atomic E-state index is 0.130. The lowest BCUT2D eigenvalue weighted by Crippen LogP contribution is -2.66. The first-order valence-corrected chi connectivity index (χ1v) is 10.2. The second-order valence-electron chi connectivity index (χ2n) is 10.3. The summed E-state index contributed by atoms with van der Waals surface area (Å²) in [7, 11) is -0.273. The molecule has 2 saturated heterocycles. The molecule has 2 fully saturated rings. The molecule has 0 aromatic heterocycles. The second kappa shape index (κ2) is 7.96. The van der Waals surface area contributed by atoms with Crippen molar-refractivity contribution in [1.29, 1.82) is 0 Å². The van der Waals surface area contributed by atoms with Crippen molar-refractivity contribution in [3.63, 3.8) is 0 Å². The molecule has 0 saturated carbocycles. The summed E-state index contributed by atoms with van der Waals surface area (Å²) >= 11 is 0. The van der Waals surface area contributed by atoms with Gasteiger partial charge >= 0.3 is 7.12 Å². The Kier molecular flexibility index (Phi) is 6.58. The van der Waals surface area contributed by atoms with Crippen LogP contribution in [0.5, 0.6) is 0 Å². The van der Waals surface area contributed by atoms with Crippen LogP contribution in [0.3, 0.4) is 0 Å². The molecule has 2 N–H and O–H groups in total. The Hall–Kier alpha value is -1.12. The van der Waals surface area contributed by atoms with Crippen LogP contribution in [0.4, 0.5) is 0 Å². The SMILES string of the molecule is CC(=O)N[C@@]1(C(=O)NC(C)(C)C)COC[C@@H](CCB2OC(C)(C)C(C)(C)O2)C1. The first kappa shape index (κ1) is 23.2. The molecule has 2 amide bonds. The van der Waals surface area contributed by atoms with Crippen LogP contribution in [0.25, 0.3) is 0 Å². The van der Waals surface area contributed by atoms with Gasteiger partial charge in [0.25, 0.3) is 0 Å². The number of ether oxygens (including phenoxy) is 1. The quantitative estimate of drug-likeness (QED) is 0.697. The van der Waals surface area contributed by atoms with E-state index in [0.717, 1.165) is 12.7 Å². The van der Waals surface area contributed by atoms with E-state index in [4.69, 9.17) is 14.0 Å². The van der Waals surface area contributed by atoms with Gasteiger partial charge in [0.05, 0.1) is 17.8 Å². The molecular formula is C20H37BN2O5. The average molecular weight is 396 g/mol. The molecule has 0 aromatic carbocycles. The first-order chi connectivity index (χ1) is 12.7. The molecule has 7 nitrogen and oxygen atoms in total. The standard InChI is InChI=1S/C20H37BN2O5/c1-14(24)22-20(16(25)23-17(2,3)4)11-15(12-26-13-20)9-10-21-27-18(5,6)19(7,8)28-21/h15H,9-13H2,1-8H3,(H,22,24)(H,23,25)/t15-,20+/m0/s1. The smallest absolute Gasteiger partial charge is 0.403 e. The van der Waals surface area contributed by atoms with Crippen LogP contribution < -0.4 is 10.6 Å². The number of nitrogens with one attached hydrogen (secondary N) is 2.